The number of nitrogens with zero attached hydrogens (tertiary/aromatic N) is 3. The molecule has 0 radical (unpaired) electrons. The summed E-state index contributed by atoms with van der Waals surface area (Å²) in [6.07, 6.45) is 5.06. The summed E-state index contributed by atoms with van der Waals surface area (Å²) >= 11 is 0. The monoisotopic (exact) mass is 147 g/mol. The second-order valence-corrected chi connectivity index (χ2v) is 2.29. The predicted octanol–water partition coefficient (Wildman–Crippen LogP) is 1.61. The maximum absolute atomic E-state index is 8.56. The van der Waals surface area contributed by atoms with E-state index in [0.29, 0.717) is 0 Å². The Hall–Kier alpha value is -1.56. The van der Waals surface area contributed by atoms with Gasteiger partial charge in [-0.2, -0.15) is 10.4 Å². The molecule has 1 atom stereocenters. The van der Waals surface area contributed by atoms with Gasteiger partial charge in [-0.1, -0.05) is 6.58 Å². The Balaban J connectivity index is 2.90. The molecule has 3 heteroatoms. The van der Waals surface area contributed by atoms with Crippen LogP contribution in [0.4, 0.5) is 0 Å². The molecule has 0 bridgehead atoms. The van der Waals surface area contributed by atoms with Crippen molar-refractivity contribution in [3.8, 4) is 6.07 Å². The third kappa shape index (κ3) is 1.47. The van der Waals surface area contributed by atoms with E-state index in [2.05, 4.69) is 17.7 Å². The summed E-state index contributed by atoms with van der Waals surface area (Å²) in [5, 5.41) is 12.5. The van der Waals surface area contributed by atoms with Crippen molar-refractivity contribution >= 4 is 6.20 Å². The first-order valence-corrected chi connectivity index (χ1v) is 3.34. The van der Waals surface area contributed by atoms with E-state index in [1.165, 1.54) is 0 Å². The van der Waals surface area contributed by atoms with E-state index in [1.807, 2.05) is 6.92 Å². The SMILES string of the molecule is C=Cn1cc(C(C)C#N)cn1. The van der Waals surface area contributed by atoms with Gasteiger partial charge in [-0.05, 0) is 6.92 Å². The Morgan fingerprint density at radius 1 is 1.91 bits per heavy atom. The molecule has 11 heavy (non-hydrogen) atoms. The molecular formula is C8H9N3. The molecule has 0 N–H and O–H groups in total. The standard InChI is InChI=1S/C8H9N3/c1-3-11-6-8(5-10-11)7(2)4-9/h3,5-7H,1H2,2H3. The first-order valence-electron chi connectivity index (χ1n) is 3.34. The fraction of sp³-hybridized carbons (Fsp3) is 0.250. The van der Waals surface area contributed by atoms with Crippen LogP contribution in [-0.2, 0) is 0 Å². The molecular weight excluding hydrogens is 138 g/mol. The molecule has 0 aliphatic heterocycles. The van der Waals surface area contributed by atoms with E-state index in [9.17, 15) is 0 Å². The molecule has 1 unspecified atom stereocenters. The highest BCUT2D eigenvalue weighted by molar-refractivity contribution is 5.23. The van der Waals surface area contributed by atoms with Crippen molar-refractivity contribution in [2.24, 2.45) is 0 Å². The largest absolute Gasteiger partial charge is 0.249 e. The molecule has 0 saturated carbocycles. The molecule has 0 saturated heterocycles. The molecule has 0 fully saturated rings. The molecule has 0 spiro atoms. The minimum Gasteiger partial charge on any atom is -0.249 e. The van der Waals surface area contributed by atoms with Crippen molar-refractivity contribution in [1.82, 2.24) is 9.78 Å². The summed E-state index contributed by atoms with van der Waals surface area (Å²) in [5.74, 6) is -0.0938. The van der Waals surface area contributed by atoms with Crippen LogP contribution in [0, 0.1) is 11.3 Å². The third-order valence-electron chi connectivity index (χ3n) is 1.50. The van der Waals surface area contributed by atoms with Gasteiger partial charge < -0.3 is 0 Å². The zero-order valence-electron chi connectivity index (χ0n) is 6.36. The molecule has 0 aliphatic carbocycles. The molecule has 1 heterocycles. The van der Waals surface area contributed by atoms with Crippen LogP contribution in [-0.4, -0.2) is 9.78 Å². The Labute approximate surface area is 65.6 Å². The van der Waals surface area contributed by atoms with Crippen molar-refractivity contribution in [2.75, 3.05) is 0 Å². The maximum Gasteiger partial charge on any atom is 0.0715 e. The van der Waals surface area contributed by atoms with Crippen LogP contribution < -0.4 is 0 Å². The fourth-order valence-electron chi connectivity index (χ4n) is 0.751. The van der Waals surface area contributed by atoms with Crippen LogP contribution in [0.1, 0.15) is 18.4 Å². The summed E-state index contributed by atoms with van der Waals surface area (Å²) in [5.41, 5.74) is 0.924. The van der Waals surface area contributed by atoms with E-state index in [0.717, 1.165) is 5.56 Å². The number of rotatable bonds is 2. The van der Waals surface area contributed by atoms with Crippen LogP contribution in [0.25, 0.3) is 6.20 Å². The zero-order valence-corrected chi connectivity index (χ0v) is 6.36. The van der Waals surface area contributed by atoms with Crippen LogP contribution in [0.5, 0.6) is 0 Å². The highest BCUT2D eigenvalue weighted by Crippen LogP contribution is 2.11. The highest BCUT2D eigenvalue weighted by atomic mass is 15.2. The number of hydrogen-bond acceptors (Lipinski definition) is 2. The number of nitriles is 1. The van der Waals surface area contributed by atoms with Gasteiger partial charge in [0.15, 0.2) is 0 Å². The van der Waals surface area contributed by atoms with Gasteiger partial charge in [-0.25, -0.2) is 4.68 Å². The van der Waals surface area contributed by atoms with Gasteiger partial charge in [-0.15, -0.1) is 0 Å². The normalized spacial score (nSPS) is 12.0. The van der Waals surface area contributed by atoms with Gasteiger partial charge in [0.2, 0.25) is 0 Å². The third-order valence-corrected chi connectivity index (χ3v) is 1.50. The maximum atomic E-state index is 8.56. The Morgan fingerprint density at radius 3 is 3.09 bits per heavy atom. The van der Waals surface area contributed by atoms with Crippen LogP contribution >= 0.6 is 0 Å². The highest BCUT2D eigenvalue weighted by Gasteiger charge is 2.04. The van der Waals surface area contributed by atoms with E-state index in [-0.39, 0.29) is 5.92 Å². The summed E-state index contributed by atoms with van der Waals surface area (Å²) < 4.78 is 1.59. The summed E-state index contributed by atoms with van der Waals surface area (Å²) in [7, 11) is 0. The minimum atomic E-state index is -0.0938. The topological polar surface area (TPSA) is 41.6 Å². The Kier molecular flexibility index (Phi) is 2.07. The van der Waals surface area contributed by atoms with Gasteiger partial charge in [0.25, 0.3) is 0 Å². The van der Waals surface area contributed by atoms with E-state index < -0.39 is 0 Å². The average molecular weight is 147 g/mol. The van der Waals surface area contributed by atoms with E-state index in [1.54, 1.807) is 23.3 Å². The molecule has 1 aromatic rings. The molecule has 3 nitrogen and oxygen atoms in total. The Morgan fingerprint density at radius 2 is 2.64 bits per heavy atom. The minimum absolute atomic E-state index is 0.0938. The lowest BCUT2D eigenvalue weighted by atomic mass is 10.1. The second kappa shape index (κ2) is 3.02. The fourth-order valence-corrected chi connectivity index (χ4v) is 0.751. The quantitative estimate of drug-likeness (QED) is 0.637. The second-order valence-electron chi connectivity index (χ2n) is 2.29. The van der Waals surface area contributed by atoms with Crippen LogP contribution in [0.2, 0.25) is 0 Å². The van der Waals surface area contributed by atoms with Gasteiger partial charge in [0, 0.05) is 18.0 Å². The molecule has 0 amide bonds. The van der Waals surface area contributed by atoms with Crippen molar-refractivity contribution in [3.05, 3.63) is 24.5 Å². The Bertz CT molecular complexity index is 293. The lowest BCUT2D eigenvalue weighted by molar-refractivity contribution is 0.934. The van der Waals surface area contributed by atoms with Crippen molar-refractivity contribution in [3.63, 3.8) is 0 Å². The van der Waals surface area contributed by atoms with Crippen LogP contribution in [0.3, 0.4) is 0 Å². The van der Waals surface area contributed by atoms with Crippen molar-refractivity contribution in [1.29, 1.82) is 5.26 Å². The first-order chi connectivity index (χ1) is 5.27. The summed E-state index contributed by atoms with van der Waals surface area (Å²) in [4.78, 5) is 0. The smallest absolute Gasteiger partial charge is 0.0715 e. The number of hydrogen-bond donors (Lipinski definition) is 0. The van der Waals surface area contributed by atoms with E-state index >= 15 is 0 Å². The van der Waals surface area contributed by atoms with Gasteiger partial charge in [0.05, 0.1) is 18.2 Å². The van der Waals surface area contributed by atoms with Crippen LogP contribution in [0.15, 0.2) is 19.0 Å². The molecule has 1 aromatic heterocycles. The lowest BCUT2D eigenvalue weighted by Gasteiger charge is -1.92. The molecule has 1 rings (SSSR count). The predicted molar refractivity (Wildman–Crippen MR) is 42.6 cm³/mol. The molecule has 0 aliphatic rings. The van der Waals surface area contributed by atoms with Gasteiger partial charge in [-0.3, -0.25) is 0 Å². The number of aromatic nitrogens is 2. The van der Waals surface area contributed by atoms with Gasteiger partial charge in [0.1, 0.15) is 0 Å². The molecule has 56 valence electrons. The summed E-state index contributed by atoms with van der Waals surface area (Å²) in [6, 6.07) is 2.13. The van der Waals surface area contributed by atoms with Crippen molar-refractivity contribution < 1.29 is 0 Å². The molecule has 0 aromatic carbocycles. The lowest BCUT2D eigenvalue weighted by Crippen LogP contribution is -1.85. The van der Waals surface area contributed by atoms with E-state index in [4.69, 9.17) is 5.26 Å². The van der Waals surface area contributed by atoms with Gasteiger partial charge >= 0.3 is 0 Å². The summed E-state index contributed by atoms with van der Waals surface area (Å²) in [6.45, 7) is 5.38. The zero-order chi connectivity index (χ0) is 8.27. The van der Waals surface area contributed by atoms with Crippen molar-refractivity contribution in [2.45, 2.75) is 12.8 Å². The first kappa shape index (κ1) is 7.55. The average Bonchev–Trinajstić information content (AvgIpc) is 2.50.